The number of nitrogens with one attached hydrogen (secondary N) is 2. The molecule has 0 unspecified atom stereocenters. The van der Waals surface area contributed by atoms with Crippen LogP contribution in [-0.4, -0.2) is 30.9 Å². The average molecular weight is 417 g/mol. The zero-order chi connectivity index (χ0) is 21.2. The largest absolute Gasteiger partial charge is 0.456 e. The molecule has 6 nitrogen and oxygen atoms in total. The molecule has 0 saturated heterocycles. The normalized spacial score (nSPS) is 10.3. The van der Waals surface area contributed by atoms with E-state index in [0.717, 1.165) is 29.7 Å². The van der Waals surface area contributed by atoms with Crippen molar-refractivity contribution in [3.63, 3.8) is 0 Å². The standard InChI is InChI=1S/C22H25ClN2O4/c1-3-15-6-5-7-16(4-2)21(15)25-19(26)14-29-20(27)12-13-24-22(28)17-8-10-18(23)11-9-17/h5-11H,3-4,12-14H2,1-2H3,(H,24,28)(H,25,26). The molecule has 2 N–H and O–H groups in total. The SMILES string of the molecule is CCc1cccc(CC)c1NC(=O)COC(=O)CCNC(=O)c1ccc(Cl)cc1. The van der Waals surface area contributed by atoms with Gasteiger partial charge in [0.05, 0.1) is 6.42 Å². The van der Waals surface area contributed by atoms with Crippen LogP contribution in [0.5, 0.6) is 0 Å². The highest BCUT2D eigenvalue weighted by molar-refractivity contribution is 6.30. The van der Waals surface area contributed by atoms with Crippen LogP contribution in [0, 0.1) is 0 Å². The van der Waals surface area contributed by atoms with E-state index in [0.29, 0.717) is 10.6 Å². The van der Waals surface area contributed by atoms with Crippen LogP contribution < -0.4 is 10.6 Å². The molecular weight excluding hydrogens is 392 g/mol. The lowest BCUT2D eigenvalue weighted by molar-refractivity contribution is -0.147. The van der Waals surface area contributed by atoms with Crippen LogP contribution in [0.3, 0.4) is 0 Å². The summed E-state index contributed by atoms with van der Waals surface area (Å²) in [6.07, 6.45) is 1.55. The highest BCUT2D eigenvalue weighted by atomic mass is 35.5. The fraction of sp³-hybridized carbons (Fsp3) is 0.318. The minimum atomic E-state index is -0.559. The number of para-hydroxylation sites is 1. The fourth-order valence-corrected chi connectivity index (χ4v) is 2.90. The molecule has 0 aromatic heterocycles. The van der Waals surface area contributed by atoms with E-state index in [9.17, 15) is 14.4 Å². The van der Waals surface area contributed by atoms with Gasteiger partial charge in [-0.3, -0.25) is 14.4 Å². The minimum absolute atomic E-state index is 0.0294. The maximum atomic E-state index is 12.2. The molecule has 0 spiro atoms. The van der Waals surface area contributed by atoms with E-state index < -0.39 is 5.97 Å². The zero-order valence-electron chi connectivity index (χ0n) is 16.6. The first-order chi connectivity index (χ1) is 13.9. The van der Waals surface area contributed by atoms with Crippen molar-refractivity contribution in [2.24, 2.45) is 0 Å². The van der Waals surface area contributed by atoms with Gasteiger partial charge in [0.25, 0.3) is 11.8 Å². The molecule has 0 heterocycles. The summed E-state index contributed by atoms with van der Waals surface area (Å²) in [5.41, 5.74) is 3.31. The van der Waals surface area contributed by atoms with Gasteiger partial charge in [0, 0.05) is 22.8 Å². The minimum Gasteiger partial charge on any atom is -0.456 e. The van der Waals surface area contributed by atoms with Crippen LogP contribution in [0.4, 0.5) is 5.69 Å². The maximum absolute atomic E-state index is 12.2. The molecule has 2 rings (SSSR count). The summed E-state index contributed by atoms with van der Waals surface area (Å²) in [7, 11) is 0. The lowest BCUT2D eigenvalue weighted by Gasteiger charge is -2.14. The van der Waals surface area contributed by atoms with Crippen LogP contribution >= 0.6 is 11.6 Å². The lowest BCUT2D eigenvalue weighted by Crippen LogP contribution is -2.27. The van der Waals surface area contributed by atoms with E-state index in [1.807, 2.05) is 32.0 Å². The Morgan fingerprint density at radius 1 is 0.966 bits per heavy atom. The van der Waals surface area contributed by atoms with Gasteiger partial charge < -0.3 is 15.4 Å². The number of benzene rings is 2. The molecule has 29 heavy (non-hydrogen) atoms. The number of hydrogen-bond donors (Lipinski definition) is 2. The summed E-state index contributed by atoms with van der Waals surface area (Å²) in [6.45, 7) is 3.78. The lowest BCUT2D eigenvalue weighted by atomic mass is 10.0. The highest BCUT2D eigenvalue weighted by Crippen LogP contribution is 2.22. The number of anilines is 1. The smallest absolute Gasteiger partial charge is 0.308 e. The topological polar surface area (TPSA) is 84.5 Å². The van der Waals surface area contributed by atoms with Crippen molar-refractivity contribution >= 4 is 35.1 Å². The molecule has 2 amide bonds. The molecule has 0 aliphatic carbocycles. The average Bonchev–Trinajstić information content (AvgIpc) is 2.72. The molecule has 2 aromatic carbocycles. The zero-order valence-corrected chi connectivity index (χ0v) is 17.3. The number of rotatable bonds is 9. The van der Waals surface area contributed by atoms with Crippen molar-refractivity contribution in [2.75, 3.05) is 18.5 Å². The summed E-state index contributed by atoms with van der Waals surface area (Å²) in [5, 5.41) is 6.00. The predicted molar refractivity (Wildman–Crippen MR) is 113 cm³/mol. The Bertz CT molecular complexity index is 843. The number of halogens is 1. The van der Waals surface area contributed by atoms with Gasteiger partial charge in [-0.15, -0.1) is 0 Å². The van der Waals surface area contributed by atoms with Gasteiger partial charge in [-0.05, 0) is 48.2 Å². The molecular formula is C22H25ClN2O4. The van der Waals surface area contributed by atoms with E-state index in [1.54, 1.807) is 24.3 Å². The molecule has 0 aliphatic heterocycles. The molecule has 0 bridgehead atoms. The molecule has 0 fully saturated rings. The van der Waals surface area contributed by atoms with E-state index in [1.165, 1.54) is 0 Å². The molecule has 0 aliphatic rings. The van der Waals surface area contributed by atoms with Crippen LogP contribution in [0.25, 0.3) is 0 Å². The summed E-state index contributed by atoms with van der Waals surface area (Å²) >= 11 is 5.78. The van der Waals surface area contributed by atoms with Crippen molar-refractivity contribution in [3.05, 3.63) is 64.2 Å². The second-order valence-electron chi connectivity index (χ2n) is 6.38. The Kier molecular flexibility index (Phi) is 8.68. The van der Waals surface area contributed by atoms with Crippen molar-refractivity contribution in [3.8, 4) is 0 Å². The third-order valence-corrected chi connectivity index (χ3v) is 4.60. The Morgan fingerprint density at radius 3 is 2.17 bits per heavy atom. The van der Waals surface area contributed by atoms with Crippen LogP contribution in [0.1, 0.15) is 41.8 Å². The van der Waals surface area contributed by atoms with Gasteiger partial charge >= 0.3 is 5.97 Å². The number of hydrogen-bond acceptors (Lipinski definition) is 4. The van der Waals surface area contributed by atoms with E-state index in [4.69, 9.17) is 16.3 Å². The Balaban J connectivity index is 1.76. The summed E-state index contributed by atoms with van der Waals surface area (Å²) in [4.78, 5) is 36.0. The van der Waals surface area contributed by atoms with Gasteiger partial charge in [-0.2, -0.15) is 0 Å². The number of ether oxygens (including phenoxy) is 1. The molecule has 0 radical (unpaired) electrons. The van der Waals surface area contributed by atoms with E-state index in [2.05, 4.69) is 10.6 Å². The van der Waals surface area contributed by atoms with Crippen molar-refractivity contribution in [1.29, 1.82) is 0 Å². The molecule has 0 atom stereocenters. The van der Waals surface area contributed by atoms with Crippen molar-refractivity contribution < 1.29 is 19.1 Å². The van der Waals surface area contributed by atoms with Crippen molar-refractivity contribution in [2.45, 2.75) is 33.1 Å². The first-order valence-electron chi connectivity index (χ1n) is 9.54. The number of aryl methyl sites for hydroxylation is 2. The van der Waals surface area contributed by atoms with Gasteiger partial charge in [0.2, 0.25) is 0 Å². The van der Waals surface area contributed by atoms with E-state index >= 15 is 0 Å². The van der Waals surface area contributed by atoms with Gasteiger partial charge in [-0.1, -0.05) is 43.6 Å². The van der Waals surface area contributed by atoms with Crippen molar-refractivity contribution in [1.82, 2.24) is 5.32 Å². The van der Waals surface area contributed by atoms with Crippen LogP contribution in [-0.2, 0) is 27.2 Å². The Morgan fingerprint density at radius 2 is 1.59 bits per heavy atom. The second kappa shape index (κ2) is 11.2. The van der Waals surface area contributed by atoms with Crippen LogP contribution in [0.2, 0.25) is 5.02 Å². The monoisotopic (exact) mass is 416 g/mol. The molecule has 7 heteroatoms. The maximum Gasteiger partial charge on any atom is 0.308 e. The van der Waals surface area contributed by atoms with Gasteiger partial charge in [-0.25, -0.2) is 0 Å². The molecule has 2 aromatic rings. The third-order valence-electron chi connectivity index (χ3n) is 4.35. The Labute approximate surface area is 175 Å². The highest BCUT2D eigenvalue weighted by Gasteiger charge is 2.13. The first kappa shape index (κ1) is 22.4. The number of carbonyl (C=O) groups excluding carboxylic acids is 3. The molecule has 154 valence electrons. The quantitative estimate of drug-likeness (QED) is 0.609. The van der Waals surface area contributed by atoms with Crippen LogP contribution in [0.15, 0.2) is 42.5 Å². The third kappa shape index (κ3) is 6.91. The molecule has 0 saturated carbocycles. The first-order valence-corrected chi connectivity index (χ1v) is 9.92. The number of amides is 2. The second-order valence-corrected chi connectivity index (χ2v) is 6.82. The summed E-state index contributed by atoms with van der Waals surface area (Å²) in [6, 6.07) is 12.3. The summed E-state index contributed by atoms with van der Waals surface area (Å²) in [5.74, 6) is -1.26. The van der Waals surface area contributed by atoms with E-state index in [-0.39, 0.29) is 31.4 Å². The Hall–Kier alpha value is -2.86. The van der Waals surface area contributed by atoms with Gasteiger partial charge in [0.1, 0.15) is 0 Å². The predicted octanol–water partition coefficient (Wildman–Crippen LogP) is 3.77. The number of esters is 1. The summed E-state index contributed by atoms with van der Waals surface area (Å²) < 4.78 is 5.01. The number of carbonyl (C=O) groups is 3. The fourth-order valence-electron chi connectivity index (χ4n) is 2.78. The van der Waals surface area contributed by atoms with Gasteiger partial charge in [0.15, 0.2) is 6.61 Å².